The molecule has 0 aliphatic heterocycles. The molecule has 0 fully saturated rings. The Balaban J connectivity index is 2.59. The molecule has 0 bridgehead atoms. The van der Waals surface area contributed by atoms with Crippen molar-refractivity contribution in [3.63, 3.8) is 0 Å². The fraction of sp³-hybridized carbons (Fsp3) is 0.0769. The molecule has 3 heteroatoms. The Hall–Kier alpha value is -1.67. The summed E-state index contributed by atoms with van der Waals surface area (Å²) in [6, 6.07) is 13.1. The zero-order valence-electron chi connectivity index (χ0n) is 8.77. The highest BCUT2D eigenvalue weighted by Gasteiger charge is 2.12. The molecule has 2 aromatic rings. The van der Waals surface area contributed by atoms with Gasteiger partial charge in [-0.3, -0.25) is 0 Å². The van der Waals surface area contributed by atoms with Crippen molar-refractivity contribution in [1.29, 1.82) is 0 Å². The summed E-state index contributed by atoms with van der Waals surface area (Å²) in [7, 11) is 1.48. The Morgan fingerprint density at radius 2 is 1.75 bits per heavy atom. The molecule has 0 saturated heterocycles. The van der Waals surface area contributed by atoms with E-state index in [1.54, 1.807) is 12.1 Å². The zero-order valence-corrected chi connectivity index (χ0v) is 9.53. The van der Waals surface area contributed by atoms with Crippen LogP contribution in [-0.2, 0) is 0 Å². The second kappa shape index (κ2) is 4.45. The number of phenolic OH excluding ortho intramolecular Hbond substituents is 1. The first-order valence-corrected chi connectivity index (χ1v) is 5.22. The van der Waals surface area contributed by atoms with Crippen LogP contribution >= 0.6 is 11.6 Å². The lowest BCUT2D eigenvalue weighted by Crippen LogP contribution is -1.87. The van der Waals surface area contributed by atoms with Crippen LogP contribution in [0.5, 0.6) is 11.5 Å². The molecule has 2 aromatic carbocycles. The van der Waals surface area contributed by atoms with Gasteiger partial charge in [0.15, 0.2) is 11.5 Å². The number of benzene rings is 2. The standard InChI is InChI=1S/C13H11ClO2/c1-16-13-11(15)8-7-10(12(13)14)9-5-3-2-4-6-9/h2-8,15H,1H3. The average molecular weight is 235 g/mol. The monoisotopic (exact) mass is 234 g/mol. The molecule has 0 heterocycles. The van der Waals surface area contributed by atoms with Crippen molar-refractivity contribution in [3.8, 4) is 22.6 Å². The summed E-state index contributed by atoms with van der Waals surface area (Å²) in [5, 5.41) is 9.98. The van der Waals surface area contributed by atoms with E-state index < -0.39 is 0 Å². The van der Waals surface area contributed by atoms with Gasteiger partial charge in [0.1, 0.15) is 0 Å². The van der Waals surface area contributed by atoms with Crippen molar-refractivity contribution < 1.29 is 9.84 Å². The van der Waals surface area contributed by atoms with Gasteiger partial charge in [0.25, 0.3) is 0 Å². The van der Waals surface area contributed by atoms with E-state index >= 15 is 0 Å². The highest BCUT2D eigenvalue weighted by molar-refractivity contribution is 6.35. The van der Waals surface area contributed by atoms with Gasteiger partial charge in [0.2, 0.25) is 0 Å². The van der Waals surface area contributed by atoms with E-state index in [4.69, 9.17) is 16.3 Å². The van der Waals surface area contributed by atoms with Gasteiger partial charge in [-0.2, -0.15) is 0 Å². The van der Waals surface area contributed by atoms with Crippen LogP contribution in [0.2, 0.25) is 5.02 Å². The van der Waals surface area contributed by atoms with E-state index in [1.807, 2.05) is 30.3 Å². The van der Waals surface area contributed by atoms with Crippen LogP contribution in [0.1, 0.15) is 0 Å². The second-order valence-corrected chi connectivity index (χ2v) is 3.72. The Morgan fingerprint density at radius 1 is 1.06 bits per heavy atom. The van der Waals surface area contributed by atoms with Gasteiger partial charge >= 0.3 is 0 Å². The molecule has 0 aliphatic rings. The quantitative estimate of drug-likeness (QED) is 0.858. The molecule has 82 valence electrons. The summed E-state index contributed by atoms with van der Waals surface area (Å²) in [6.45, 7) is 0. The molecule has 0 atom stereocenters. The number of hydrogen-bond acceptors (Lipinski definition) is 2. The Bertz CT molecular complexity index is 495. The molecule has 2 rings (SSSR count). The maximum absolute atomic E-state index is 9.55. The highest BCUT2D eigenvalue weighted by Crippen LogP contribution is 2.40. The SMILES string of the molecule is COc1c(O)ccc(-c2ccccc2)c1Cl. The van der Waals surface area contributed by atoms with Gasteiger partial charge < -0.3 is 9.84 Å². The first-order chi connectivity index (χ1) is 7.74. The maximum Gasteiger partial charge on any atom is 0.179 e. The third-order valence-corrected chi connectivity index (χ3v) is 2.74. The van der Waals surface area contributed by atoms with Gasteiger partial charge in [-0.1, -0.05) is 41.9 Å². The largest absolute Gasteiger partial charge is 0.504 e. The molecule has 0 amide bonds. The molecule has 0 spiro atoms. The van der Waals surface area contributed by atoms with E-state index in [-0.39, 0.29) is 5.75 Å². The first-order valence-electron chi connectivity index (χ1n) is 4.85. The number of phenols is 1. The van der Waals surface area contributed by atoms with Crippen LogP contribution in [0, 0.1) is 0 Å². The topological polar surface area (TPSA) is 29.5 Å². The Labute approximate surface area is 99.1 Å². The minimum atomic E-state index is 0.0483. The summed E-state index contributed by atoms with van der Waals surface area (Å²) >= 11 is 6.16. The van der Waals surface area contributed by atoms with Crippen LogP contribution in [0.15, 0.2) is 42.5 Å². The fourth-order valence-corrected chi connectivity index (χ4v) is 1.93. The molecule has 1 N–H and O–H groups in total. The number of halogens is 1. The minimum absolute atomic E-state index is 0.0483. The highest BCUT2D eigenvalue weighted by atomic mass is 35.5. The van der Waals surface area contributed by atoms with Crippen molar-refractivity contribution in [2.75, 3.05) is 7.11 Å². The van der Waals surface area contributed by atoms with E-state index in [2.05, 4.69) is 0 Å². The Kier molecular flexibility index (Phi) is 3.02. The molecule has 16 heavy (non-hydrogen) atoms. The van der Waals surface area contributed by atoms with E-state index in [1.165, 1.54) is 7.11 Å². The summed E-state index contributed by atoms with van der Waals surface area (Å²) in [5.41, 5.74) is 1.84. The molecule has 0 aromatic heterocycles. The molecule has 0 unspecified atom stereocenters. The molecule has 2 nitrogen and oxygen atoms in total. The van der Waals surface area contributed by atoms with Crippen LogP contribution < -0.4 is 4.74 Å². The number of rotatable bonds is 2. The van der Waals surface area contributed by atoms with Crippen molar-refractivity contribution >= 4 is 11.6 Å². The smallest absolute Gasteiger partial charge is 0.179 e. The zero-order chi connectivity index (χ0) is 11.5. The second-order valence-electron chi connectivity index (χ2n) is 3.35. The van der Waals surface area contributed by atoms with Crippen LogP contribution in [0.4, 0.5) is 0 Å². The average Bonchev–Trinajstić information content (AvgIpc) is 2.31. The van der Waals surface area contributed by atoms with Crippen LogP contribution in [0.3, 0.4) is 0 Å². The van der Waals surface area contributed by atoms with Gasteiger partial charge in [-0.05, 0) is 17.7 Å². The number of ether oxygens (including phenoxy) is 1. The Morgan fingerprint density at radius 3 is 2.38 bits per heavy atom. The summed E-state index contributed by atoms with van der Waals surface area (Å²) in [6.07, 6.45) is 0. The third kappa shape index (κ3) is 1.84. The fourth-order valence-electron chi connectivity index (χ4n) is 1.58. The summed E-state index contributed by atoms with van der Waals surface area (Å²) in [4.78, 5) is 0. The molecular weight excluding hydrogens is 224 g/mol. The molecule has 0 radical (unpaired) electrons. The number of aromatic hydroxyl groups is 1. The summed E-state index contributed by atoms with van der Waals surface area (Å²) in [5.74, 6) is 0.357. The lowest BCUT2D eigenvalue weighted by molar-refractivity contribution is 0.374. The minimum Gasteiger partial charge on any atom is -0.504 e. The first kappa shape index (κ1) is 10.8. The molecular formula is C13H11ClO2. The third-order valence-electron chi connectivity index (χ3n) is 2.37. The lowest BCUT2D eigenvalue weighted by atomic mass is 10.1. The van der Waals surface area contributed by atoms with Gasteiger partial charge in [-0.15, -0.1) is 0 Å². The van der Waals surface area contributed by atoms with E-state index in [0.717, 1.165) is 11.1 Å². The van der Waals surface area contributed by atoms with Gasteiger partial charge in [-0.25, -0.2) is 0 Å². The van der Waals surface area contributed by atoms with Crippen molar-refractivity contribution in [3.05, 3.63) is 47.5 Å². The molecule has 0 saturated carbocycles. The van der Waals surface area contributed by atoms with Crippen molar-refractivity contribution in [2.45, 2.75) is 0 Å². The molecule has 0 aliphatic carbocycles. The van der Waals surface area contributed by atoms with Crippen molar-refractivity contribution in [2.24, 2.45) is 0 Å². The normalized spacial score (nSPS) is 10.1. The number of hydrogen-bond donors (Lipinski definition) is 1. The van der Waals surface area contributed by atoms with Crippen LogP contribution in [-0.4, -0.2) is 12.2 Å². The van der Waals surface area contributed by atoms with Crippen molar-refractivity contribution in [1.82, 2.24) is 0 Å². The lowest BCUT2D eigenvalue weighted by Gasteiger charge is -2.10. The number of methoxy groups -OCH3 is 1. The summed E-state index contributed by atoms with van der Waals surface area (Å²) < 4.78 is 5.06. The van der Waals surface area contributed by atoms with E-state index in [0.29, 0.717) is 10.8 Å². The van der Waals surface area contributed by atoms with Gasteiger partial charge in [0, 0.05) is 5.56 Å². The predicted octanol–water partition coefficient (Wildman–Crippen LogP) is 3.72. The van der Waals surface area contributed by atoms with E-state index in [9.17, 15) is 5.11 Å². The predicted molar refractivity (Wildman–Crippen MR) is 65.1 cm³/mol. The maximum atomic E-state index is 9.55. The van der Waals surface area contributed by atoms with Gasteiger partial charge in [0.05, 0.1) is 12.1 Å². The van der Waals surface area contributed by atoms with Crippen LogP contribution in [0.25, 0.3) is 11.1 Å².